The van der Waals surface area contributed by atoms with E-state index in [0.29, 0.717) is 52.2 Å². The molecule has 2 amide bonds. The molecule has 6 nitrogen and oxygen atoms in total. The molecule has 172 valence electrons. The van der Waals surface area contributed by atoms with E-state index < -0.39 is 0 Å². The number of hydrogen-bond donors (Lipinski definition) is 2. The normalized spacial score (nSPS) is 10.4. The molecule has 0 bridgehead atoms. The van der Waals surface area contributed by atoms with Crippen LogP contribution in [0.5, 0.6) is 11.5 Å². The van der Waals surface area contributed by atoms with E-state index in [-0.39, 0.29) is 11.8 Å². The van der Waals surface area contributed by atoms with Crippen molar-refractivity contribution >= 4 is 34.8 Å². The molecule has 7 heteroatoms. The standard InChI is InChI=1S/C26H27ClN2O4/c1-4-14-33-24-20(27)15-19(16-23(24)32-5-2)26(31)29-22-13-9-12-21(17(22)3)28-25(30)18-10-7-6-8-11-18/h6-13,15-16H,4-5,14H2,1-3H3,(H,28,30)(H,29,31). The molecule has 0 aromatic heterocycles. The monoisotopic (exact) mass is 466 g/mol. The van der Waals surface area contributed by atoms with E-state index in [9.17, 15) is 9.59 Å². The molecule has 2 N–H and O–H groups in total. The van der Waals surface area contributed by atoms with E-state index in [2.05, 4.69) is 10.6 Å². The van der Waals surface area contributed by atoms with Gasteiger partial charge in [-0.3, -0.25) is 9.59 Å². The van der Waals surface area contributed by atoms with Gasteiger partial charge >= 0.3 is 0 Å². The molecule has 0 aliphatic rings. The minimum atomic E-state index is -0.352. The Morgan fingerprint density at radius 2 is 1.48 bits per heavy atom. The third-order valence-electron chi connectivity index (χ3n) is 4.89. The Morgan fingerprint density at radius 1 is 0.848 bits per heavy atom. The summed E-state index contributed by atoms with van der Waals surface area (Å²) in [5, 5.41) is 6.09. The Balaban J connectivity index is 1.81. The summed E-state index contributed by atoms with van der Waals surface area (Å²) >= 11 is 6.39. The van der Waals surface area contributed by atoms with Gasteiger partial charge in [0.1, 0.15) is 0 Å². The highest BCUT2D eigenvalue weighted by molar-refractivity contribution is 6.32. The SMILES string of the molecule is CCCOc1c(Cl)cc(C(=O)Nc2cccc(NC(=O)c3ccccc3)c2C)cc1OCC. The summed E-state index contributed by atoms with van der Waals surface area (Å²) in [6, 6.07) is 17.4. The maximum Gasteiger partial charge on any atom is 0.255 e. The maximum absolute atomic E-state index is 13.0. The molecule has 0 aliphatic heterocycles. The first-order valence-electron chi connectivity index (χ1n) is 10.8. The van der Waals surface area contributed by atoms with E-state index >= 15 is 0 Å². The van der Waals surface area contributed by atoms with Gasteiger partial charge < -0.3 is 20.1 Å². The molecule has 0 unspecified atom stereocenters. The average Bonchev–Trinajstić information content (AvgIpc) is 2.81. The summed E-state index contributed by atoms with van der Waals surface area (Å²) in [6.07, 6.45) is 0.820. The number of carbonyl (C=O) groups excluding carboxylic acids is 2. The fourth-order valence-electron chi connectivity index (χ4n) is 3.19. The smallest absolute Gasteiger partial charge is 0.255 e. The lowest BCUT2D eigenvalue weighted by Gasteiger charge is -2.16. The van der Waals surface area contributed by atoms with Crippen LogP contribution in [-0.4, -0.2) is 25.0 Å². The second-order valence-electron chi connectivity index (χ2n) is 7.32. The molecule has 0 saturated carbocycles. The molecule has 0 radical (unpaired) electrons. The highest BCUT2D eigenvalue weighted by Gasteiger charge is 2.18. The first-order chi connectivity index (χ1) is 15.9. The molecule has 0 saturated heterocycles. The number of anilines is 2. The van der Waals surface area contributed by atoms with Gasteiger partial charge in [-0.05, 0) is 62.2 Å². The number of ether oxygens (including phenoxy) is 2. The molecule has 0 aliphatic carbocycles. The first kappa shape index (κ1) is 24.1. The van der Waals surface area contributed by atoms with Gasteiger partial charge in [0.2, 0.25) is 0 Å². The van der Waals surface area contributed by atoms with Gasteiger partial charge in [0.25, 0.3) is 11.8 Å². The summed E-state index contributed by atoms with van der Waals surface area (Å²) in [4.78, 5) is 25.5. The van der Waals surface area contributed by atoms with Gasteiger partial charge in [0.05, 0.1) is 18.2 Å². The van der Waals surface area contributed by atoms with Crippen LogP contribution in [0.3, 0.4) is 0 Å². The largest absolute Gasteiger partial charge is 0.490 e. The van der Waals surface area contributed by atoms with E-state index in [1.54, 1.807) is 54.6 Å². The van der Waals surface area contributed by atoms with Gasteiger partial charge in [-0.15, -0.1) is 0 Å². The Morgan fingerprint density at radius 3 is 2.09 bits per heavy atom. The lowest BCUT2D eigenvalue weighted by atomic mass is 10.1. The maximum atomic E-state index is 13.0. The van der Waals surface area contributed by atoms with Crippen LogP contribution in [0.1, 0.15) is 46.5 Å². The highest BCUT2D eigenvalue weighted by Crippen LogP contribution is 2.37. The molecular formula is C26H27ClN2O4. The molecule has 3 aromatic rings. The molecular weight excluding hydrogens is 440 g/mol. The molecule has 33 heavy (non-hydrogen) atoms. The summed E-state index contributed by atoms with van der Waals surface area (Å²) in [5.74, 6) is 0.274. The Labute approximate surface area is 198 Å². The van der Waals surface area contributed by atoms with Crippen molar-refractivity contribution in [1.29, 1.82) is 0 Å². The van der Waals surface area contributed by atoms with E-state index in [4.69, 9.17) is 21.1 Å². The van der Waals surface area contributed by atoms with Crippen molar-refractivity contribution < 1.29 is 19.1 Å². The number of benzene rings is 3. The quantitative estimate of drug-likeness (QED) is 0.385. The minimum Gasteiger partial charge on any atom is -0.490 e. The lowest BCUT2D eigenvalue weighted by Crippen LogP contribution is -2.16. The Hall–Kier alpha value is -3.51. The van der Waals surface area contributed by atoms with Crippen molar-refractivity contribution in [2.24, 2.45) is 0 Å². The summed E-state index contributed by atoms with van der Waals surface area (Å²) < 4.78 is 11.3. The van der Waals surface area contributed by atoms with E-state index in [0.717, 1.165) is 12.0 Å². The van der Waals surface area contributed by atoms with Crippen LogP contribution >= 0.6 is 11.6 Å². The molecule has 3 rings (SSSR count). The highest BCUT2D eigenvalue weighted by atomic mass is 35.5. The van der Waals surface area contributed by atoms with Crippen LogP contribution < -0.4 is 20.1 Å². The van der Waals surface area contributed by atoms with Crippen molar-refractivity contribution in [3.63, 3.8) is 0 Å². The topological polar surface area (TPSA) is 76.7 Å². The van der Waals surface area contributed by atoms with Crippen LogP contribution in [0, 0.1) is 6.92 Å². The second kappa shape index (κ2) is 11.4. The van der Waals surface area contributed by atoms with Crippen molar-refractivity contribution in [1.82, 2.24) is 0 Å². The minimum absolute atomic E-state index is 0.224. The van der Waals surface area contributed by atoms with Gasteiger partial charge in [-0.2, -0.15) is 0 Å². The van der Waals surface area contributed by atoms with Crippen molar-refractivity contribution in [2.45, 2.75) is 27.2 Å². The van der Waals surface area contributed by atoms with Gasteiger partial charge in [-0.25, -0.2) is 0 Å². The zero-order chi connectivity index (χ0) is 23.8. The summed E-state index contributed by atoms with van der Waals surface area (Å²) in [6.45, 7) is 6.58. The first-order valence-corrected chi connectivity index (χ1v) is 11.2. The molecule has 0 fully saturated rings. The Kier molecular flexibility index (Phi) is 8.33. The summed E-state index contributed by atoms with van der Waals surface area (Å²) in [5.41, 5.74) is 2.80. The number of hydrogen-bond acceptors (Lipinski definition) is 4. The third kappa shape index (κ3) is 6.05. The zero-order valence-corrected chi connectivity index (χ0v) is 19.7. The second-order valence-corrected chi connectivity index (χ2v) is 7.73. The van der Waals surface area contributed by atoms with Crippen LogP contribution in [0.15, 0.2) is 60.7 Å². The molecule has 0 spiro atoms. The van der Waals surface area contributed by atoms with E-state index in [1.807, 2.05) is 26.8 Å². The van der Waals surface area contributed by atoms with Crippen LogP contribution in [-0.2, 0) is 0 Å². The number of rotatable bonds is 9. The van der Waals surface area contributed by atoms with E-state index in [1.165, 1.54) is 0 Å². The fraction of sp³-hybridized carbons (Fsp3) is 0.231. The van der Waals surface area contributed by atoms with Gasteiger partial charge in [0, 0.05) is 22.5 Å². The number of halogens is 1. The van der Waals surface area contributed by atoms with Crippen LogP contribution in [0.25, 0.3) is 0 Å². The van der Waals surface area contributed by atoms with Gasteiger partial charge in [-0.1, -0.05) is 42.8 Å². The van der Waals surface area contributed by atoms with Crippen molar-refractivity contribution in [2.75, 3.05) is 23.8 Å². The number of nitrogens with one attached hydrogen (secondary N) is 2. The molecule has 0 atom stereocenters. The number of amides is 2. The third-order valence-corrected chi connectivity index (χ3v) is 5.17. The molecule has 0 heterocycles. The molecule has 3 aromatic carbocycles. The predicted octanol–water partition coefficient (Wildman–Crippen LogP) is 6.34. The van der Waals surface area contributed by atoms with Crippen molar-refractivity contribution in [3.8, 4) is 11.5 Å². The Bertz CT molecular complexity index is 1130. The summed E-state index contributed by atoms with van der Waals surface area (Å²) in [7, 11) is 0. The fourth-order valence-corrected chi connectivity index (χ4v) is 3.46. The lowest BCUT2D eigenvalue weighted by molar-refractivity contribution is 0.101. The average molecular weight is 467 g/mol. The van der Waals surface area contributed by atoms with Crippen molar-refractivity contribution in [3.05, 3.63) is 82.4 Å². The zero-order valence-electron chi connectivity index (χ0n) is 18.9. The number of carbonyl (C=O) groups is 2. The predicted molar refractivity (Wildman–Crippen MR) is 132 cm³/mol. The van der Waals surface area contributed by atoms with Crippen LogP contribution in [0.2, 0.25) is 5.02 Å². The van der Waals surface area contributed by atoms with Gasteiger partial charge in [0.15, 0.2) is 11.5 Å². The van der Waals surface area contributed by atoms with Crippen LogP contribution in [0.4, 0.5) is 11.4 Å².